The average molecular weight is 449 g/mol. The van der Waals surface area contributed by atoms with Gasteiger partial charge >= 0.3 is 0 Å². The van der Waals surface area contributed by atoms with Gasteiger partial charge in [0.2, 0.25) is 15.9 Å². The molecule has 1 aliphatic rings. The van der Waals surface area contributed by atoms with Crippen molar-refractivity contribution in [2.45, 2.75) is 24.3 Å². The molecule has 1 heterocycles. The SMILES string of the molecule is COCc1cccc(NC(=O)CCc2cc(S(=O)(=O)N3CCOCC3)ccc2OC)c1. The quantitative estimate of drug-likeness (QED) is 0.633. The van der Waals surface area contributed by atoms with Crippen molar-refractivity contribution in [3.05, 3.63) is 53.6 Å². The molecule has 0 saturated carbocycles. The van der Waals surface area contributed by atoms with Crippen LogP contribution in [0.25, 0.3) is 0 Å². The van der Waals surface area contributed by atoms with Gasteiger partial charge in [-0.1, -0.05) is 12.1 Å². The van der Waals surface area contributed by atoms with Gasteiger partial charge in [-0.05, 0) is 47.9 Å². The number of hydrogen-bond donors (Lipinski definition) is 1. The van der Waals surface area contributed by atoms with E-state index in [0.717, 1.165) is 5.56 Å². The molecule has 0 unspecified atom stereocenters. The number of benzene rings is 2. The predicted molar refractivity (Wildman–Crippen MR) is 117 cm³/mol. The fraction of sp³-hybridized carbons (Fsp3) is 0.409. The lowest BCUT2D eigenvalue weighted by molar-refractivity contribution is -0.116. The fourth-order valence-electron chi connectivity index (χ4n) is 3.42. The Hall–Kier alpha value is -2.46. The number of aryl methyl sites for hydroxylation is 1. The smallest absolute Gasteiger partial charge is 0.243 e. The van der Waals surface area contributed by atoms with Gasteiger partial charge in [-0.15, -0.1) is 0 Å². The molecule has 2 aromatic rings. The van der Waals surface area contributed by atoms with Gasteiger partial charge in [0.1, 0.15) is 5.75 Å². The van der Waals surface area contributed by atoms with Gasteiger partial charge in [-0.3, -0.25) is 4.79 Å². The number of anilines is 1. The van der Waals surface area contributed by atoms with Crippen molar-refractivity contribution in [2.24, 2.45) is 0 Å². The molecule has 0 radical (unpaired) electrons. The Labute approximate surface area is 183 Å². The maximum atomic E-state index is 12.9. The third-order valence-corrected chi connectivity index (χ3v) is 6.90. The molecule has 9 heteroatoms. The van der Waals surface area contributed by atoms with Gasteiger partial charge in [0.05, 0.1) is 31.8 Å². The first-order valence-electron chi connectivity index (χ1n) is 10.1. The summed E-state index contributed by atoms with van der Waals surface area (Å²) in [6, 6.07) is 12.2. The maximum Gasteiger partial charge on any atom is 0.243 e. The van der Waals surface area contributed by atoms with Gasteiger partial charge < -0.3 is 19.5 Å². The molecule has 1 amide bonds. The van der Waals surface area contributed by atoms with Gasteiger partial charge in [0.15, 0.2) is 0 Å². The molecule has 1 aliphatic heterocycles. The van der Waals surface area contributed by atoms with Crippen LogP contribution in [0.3, 0.4) is 0 Å². The summed E-state index contributed by atoms with van der Waals surface area (Å²) in [5, 5.41) is 2.87. The van der Waals surface area contributed by atoms with Crippen LogP contribution in [0.1, 0.15) is 17.5 Å². The second-order valence-corrected chi connectivity index (χ2v) is 9.11. The third-order valence-electron chi connectivity index (χ3n) is 5.00. The van der Waals surface area contributed by atoms with Crippen LogP contribution in [0.4, 0.5) is 5.69 Å². The highest BCUT2D eigenvalue weighted by Crippen LogP contribution is 2.26. The number of morpholine rings is 1. The number of carbonyl (C=O) groups excluding carboxylic acids is 1. The molecule has 1 fully saturated rings. The first kappa shape index (κ1) is 23.2. The average Bonchev–Trinajstić information content (AvgIpc) is 2.78. The van der Waals surface area contributed by atoms with E-state index in [9.17, 15) is 13.2 Å². The van der Waals surface area contributed by atoms with Crippen LogP contribution in [-0.2, 0) is 37.3 Å². The van der Waals surface area contributed by atoms with E-state index >= 15 is 0 Å². The lowest BCUT2D eigenvalue weighted by atomic mass is 10.1. The van der Waals surface area contributed by atoms with E-state index in [1.165, 1.54) is 17.5 Å². The van der Waals surface area contributed by atoms with E-state index in [2.05, 4.69) is 5.32 Å². The zero-order chi connectivity index (χ0) is 22.3. The summed E-state index contributed by atoms with van der Waals surface area (Å²) in [5.41, 5.74) is 2.32. The van der Waals surface area contributed by atoms with Crippen molar-refractivity contribution in [1.82, 2.24) is 4.31 Å². The van der Waals surface area contributed by atoms with Crippen LogP contribution >= 0.6 is 0 Å². The van der Waals surface area contributed by atoms with Gasteiger partial charge in [0, 0.05) is 32.3 Å². The summed E-state index contributed by atoms with van der Waals surface area (Å²) in [7, 11) is -0.480. The van der Waals surface area contributed by atoms with E-state index in [0.29, 0.717) is 56.3 Å². The number of methoxy groups -OCH3 is 2. The van der Waals surface area contributed by atoms with E-state index in [1.54, 1.807) is 19.2 Å². The Morgan fingerprint density at radius 2 is 1.90 bits per heavy atom. The van der Waals surface area contributed by atoms with Crippen LogP contribution in [0.5, 0.6) is 5.75 Å². The number of carbonyl (C=O) groups is 1. The van der Waals surface area contributed by atoms with E-state index < -0.39 is 10.0 Å². The van der Waals surface area contributed by atoms with Crippen molar-refractivity contribution >= 4 is 21.6 Å². The molecule has 0 bridgehead atoms. The molecule has 0 atom stereocenters. The number of hydrogen-bond acceptors (Lipinski definition) is 6. The monoisotopic (exact) mass is 448 g/mol. The number of ether oxygens (including phenoxy) is 3. The van der Waals surface area contributed by atoms with E-state index in [4.69, 9.17) is 14.2 Å². The van der Waals surface area contributed by atoms with Crippen molar-refractivity contribution in [3.63, 3.8) is 0 Å². The number of nitrogens with zero attached hydrogens (tertiary/aromatic N) is 1. The minimum Gasteiger partial charge on any atom is -0.496 e. The Balaban J connectivity index is 1.69. The maximum absolute atomic E-state index is 12.9. The third kappa shape index (κ3) is 6.04. The topological polar surface area (TPSA) is 94.2 Å². The summed E-state index contributed by atoms with van der Waals surface area (Å²) >= 11 is 0. The van der Waals surface area contributed by atoms with Gasteiger partial charge in [0.25, 0.3) is 0 Å². The normalized spacial score (nSPS) is 14.9. The minimum atomic E-state index is -3.62. The molecule has 0 aliphatic carbocycles. The molecule has 1 saturated heterocycles. The Bertz CT molecular complexity index is 1000. The molecule has 31 heavy (non-hydrogen) atoms. The fourth-order valence-corrected chi connectivity index (χ4v) is 4.88. The first-order chi connectivity index (χ1) is 14.9. The molecular weight excluding hydrogens is 420 g/mol. The second kappa shape index (κ2) is 10.7. The standard InChI is InChI=1S/C22H28N2O6S/c1-28-16-17-4-3-5-19(14-17)23-22(25)9-6-18-15-20(7-8-21(18)29-2)31(26,27)24-10-12-30-13-11-24/h3-5,7-8,14-15H,6,9-13,16H2,1-2H3,(H,23,25). The molecule has 0 aromatic heterocycles. The number of nitrogens with one attached hydrogen (secondary N) is 1. The summed E-state index contributed by atoms with van der Waals surface area (Å²) in [4.78, 5) is 12.7. The van der Waals surface area contributed by atoms with Crippen molar-refractivity contribution in [3.8, 4) is 5.75 Å². The molecule has 1 N–H and O–H groups in total. The van der Waals surface area contributed by atoms with Crippen molar-refractivity contribution in [2.75, 3.05) is 45.8 Å². The van der Waals surface area contributed by atoms with Crippen molar-refractivity contribution in [1.29, 1.82) is 0 Å². The van der Waals surface area contributed by atoms with Crippen LogP contribution in [0.15, 0.2) is 47.4 Å². The van der Waals surface area contributed by atoms with Crippen molar-refractivity contribution < 1.29 is 27.4 Å². The minimum absolute atomic E-state index is 0.168. The number of sulfonamides is 1. The molecule has 0 spiro atoms. The lowest BCUT2D eigenvalue weighted by Crippen LogP contribution is -2.40. The molecular formula is C22H28N2O6S. The molecule has 8 nitrogen and oxygen atoms in total. The van der Waals surface area contributed by atoms with E-state index in [-0.39, 0.29) is 17.2 Å². The van der Waals surface area contributed by atoms with Gasteiger partial charge in [-0.25, -0.2) is 8.42 Å². The first-order valence-corrected chi connectivity index (χ1v) is 11.5. The van der Waals surface area contributed by atoms with Crippen LogP contribution in [0.2, 0.25) is 0 Å². The molecule has 3 rings (SSSR count). The Kier molecular flexibility index (Phi) is 8.03. The molecule has 2 aromatic carbocycles. The zero-order valence-corrected chi connectivity index (χ0v) is 18.6. The van der Waals surface area contributed by atoms with Crippen LogP contribution < -0.4 is 10.1 Å². The summed E-state index contributed by atoms with van der Waals surface area (Å²) in [5.74, 6) is 0.383. The number of amides is 1. The van der Waals surface area contributed by atoms with Gasteiger partial charge in [-0.2, -0.15) is 4.31 Å². The largest absolute Gasteiger partial charge is 0.496 e. The zero-order valence-electron chi connectivity index (χ0n) is 17.8. The molecule has 168 valence electrons. The lowest BCUT2D eigenvalue weighted by Gasteiger charge is -2.26. The Morgan fingerprint density at radius 1 is 1.13 bits per heavy atom. The Morgan fingerprint density at radius 3 is 2.61 bits per heavy atom. The summed E-state index contributed by atoms with van der Waals surface area (Å²) < 4.78 is 43.0. The highest BCUT2D eigenvalue weighted by Gasteiger charge is 2.27. The summed E-state index contributed by atoms with van der Waals surface area (Å²) in [6.07, 6.45) is 0.533. The highest BCUT2D eigenvalue weighted by atomic mass is 32.2. The van der Waals surface area contributed by atoms with Crippen LogP contribution in [-0.4, -0.2) is 59.2 Å². The predicted octanol–water partition coefficient (Wildman–Crippen LogP) is 2.43. The van der Waals surface area contributed by atoms with E-state index in [1.807, 2.05) is 24.3 Å². The highest BCUT2D eigenvalue weighted by molar-refractivity contribution is 7.89. The summed E-state index contributed by atoms with van der Waals surface area (Å²) in [6.45, 7) is 1.88. The second-order valence-electron chi connectivity index (χ2n) is 7.17. The number of rotatable bonds is 9. The van der Waals surface area contributed by atoms with Crippen LogP contribution in [0, 0.1) is 0 Å².